The van der Waals surface area contributed by atoms with Crippen molar-refractivity contribution < 1.29 is 14.6 Å². The Hall–Kier alpha value is -0.580. The fourth-order valence-electron chi connectivity index (χ4n) is 1.09. The van der Waals surface area contributed by atoms with Crippen molar-refractivity contribution in [2.75, 3.05) is 0 Å². The number of aliphatic hydroxyl groups excluding tert-OH is 2. The maximum atomic E-state index is 13.4. The van der Waals surface area contributed by atoms with Crippen molar-refractivity contribution in [2.24, 2.45) is 0 Å². The Kier molecular flexibility index (Phi) is 4.57. The molecule has 0 radical (unpaired) electrons. The van der Waals surface area contributed by atoms with E-state index in [0.29, 0.717) is 10.5 Å². The van der Waals surface area contributed by atoms with Gasteiger partial charge in [-0.3, -0.25) is 0 Å². The van der Waals surface area contributed by atoms with Crippen molar-refractivity contribution in [1.82, 2.24) is 0 Å². The molecular weight excluding hydrogens is 215 g/mol. The van der Waals surface area contributed by atoms with Crippen LogP contribution in [0.5, 0.6) is 0 Å². The number of hydrogen-bond donors (Lipinski definition) is 2. The van der Waals surface area contributed by atoms with Crippen LogP contribution in [0.4, 0.5) is 4.39 Å². The molecule has 2 nitrogen and oxygen atoms in total. The predicted molar refractivity (Wildman–Crippen MR) is 59.3 cm³/mol. The average molecular weight is 230 g/mol. The first-order valence-corrected chi connectivity index (χ1v) is 5.67. The van der Waals surface area contributed by atoms with Crippen LogP contribution in [0.25, 0.3) is 0 Å². The Morgan fingerprint density at radius 1 is 1.40 bits per heavy atom. The van der Waals surface area contributed by atoms with Gasteiger partial charge in [-0.15, -0.1) is 11.8 Å². The number of thioether (sulfide) groups is 1. The summed E-state index contributed by atoms with van der Waals surface area (Å²) in [4.78, 5) is 0.424. The molecule has 2 unspecified atom stereocenters. The number of halogens is 1. The van der Waals surface area contributed by atoms with Crippen LogP contribution in [0.3, 0.4) is 0 Å². The Balaban J connectivity index is 2.92. The van der Waals surface area contributed by atoms with Crippen molar-refractivity contribution in [3.05, 3.63) is 29.6 Å². The van der Waals surface area contributed by atoms with Gasteiger partial charge >= 0.3 is 0 Å². The molecular formula is C11H15FO2S. The highest BCUT2D eigenvalue weighted by Gasteiger charge is 2.15. The third kappa shape index (κ3) is 3.19. The minimum atomic E-state index is -0.513. The number of rotatable bonds is 4. The third-order valence-corrected chi connectivity index (χ3v) is 3.66. The standard InChI is InChI=1S/C11H15FO2S/c1-7(14)8(2)15-11-9(6-13)4-3-5-10(11)12/h3-5,7-8,13-14H,6H2,1-2H3. The summed E-state index contributed by atoms with van der Waals surface area (Å²) in [6, 6.07) is 4.61. The Bertz CT molecular complexity index is 328. The molecule has 4 heteroatoms. The molecule has 0 saturated heterocycles. The van der Waals surface area contributed by atoms with Gasteiger partial charge < -0.3 is 10.2 Å². The molecule has 0 fully saturated rings. The van der Waals surface area contributed by atoms with Crippen molar-refractivity contribution in [3.63, 3.8) is 0 Å². The molecule has 1 aromatic rings. The first-order valence-electron chi connectivity index (χ1n) is 4.79. The summed E-state index contributed by atoms with van der Waals surface area (Å²) in [6.07, 6.45) is -0.513. The minimum absolute atomic E-state index is 0.104. The van der Waals surface area contributed by atoms with E-state index in [1.54, 1.807) is 19.1 Å². The zero-order valence-corrected chi connectivity index (χ0v) is 9.59. The molecule has 0 spiro atoms. The van der Waals surface area contributed by atoms with E-state index in [9.17, 15) is 9.50 Å². The topological polar surface area (TPSA) is 40.5 Å². The summed E-state index contributed by atoms with van der Waals surface area (Å²) in [6.45, 7) is 3.30. The second kappa shape index (κ2) is 5.49. The van der Waals surface area contributed by atoms with E-state index in [4.69, 9.17) is 5.11 Å². The van der Waals surface area contributed by atoms with Crippen molar-refractivity contribution in [3.8, 4) is 0 Å². The molecule has 0 bridgehead atoms. The summed E-state index contributed by atoms with van der Waals surface area (Å²) in [7, 11) is 0. The van der Waals surface area contributed by atoms with Crippen molar-refractivity contribution in [1.29, 1.82) is 0 Å². The minimum Gasteiger partial charge on any atom is -0.392 e. The predicted octanol–water partition coefficient (Wildman–Crippen LogP) is 2.18. The third-order valence-electron chi connectivity index (χ3n) is 2.20. The lowest BCUT2D eigenvalue weighted by Crippen LogP contribution is -2.15. The summed E-state index contributed by atoms with van der Waals surface area (Å²) >= 11 is 1.24. The van der Waals surface area contributed by atoms with Gasteiger partial charge in [0.2, 0.25) is 0 Å². The van der Waals surface area contributed by atoms with Crippen LogP contribution in [0, 0.1) is 5.82 Å². The Morgan fingerprint density at radius 3 is 2.60 bits per heavy atom. The van der Waals surface area contributed by atoms with Gasteiger partial charge in [-0.25, -0.2) is 4.39 Å². The lowest BCUT2D eigenvalue weighted by molar-refractivity contribution is 0.196. The van der Waals surface area contributed by atoms with E-state index in [2.05, 4.69) is 0 Å². The van der Waals surface area contributed by atoms with Crippen LogP contribution in [-0.2, 0) is 6.61 Å². The normalized spacial score (nSPS) is 15.0. The Morgan fingerprint density at radius 2 is 2.07 bits per heavy atom. The first-order chi connectivity index (χ1) is 7.06. The maximum absolute atomic E-state index is 13.4. The molecule has 0 aliphatic heterocycles. The summed E-state index contributed by atoms with van der Waals surface area (Å²) in [5.74, 6) is -0.348. The van der Waals surface area contributed by atoms with Gasteiger partial charge in [0.1, 0.15) is 5.82 Å². The average Bonchev–Trinajstić information content (AvgIpc) is 2.20. The number of hydrogen-bond acceptors (Lipinski definition) is 3. The fourth-order valence-corrected chi connectivity index (χ4v) is 2.13. The molecule has 2 N–H and O–H groups in total. The molecule has 1 aromatic carbocycles. The number of benzene rings is 1. The molecule has 84 valence electrons. The highest BCUT2D eigenvalue weighted by molar-refractivity contribution is 8.00. The number of aliphatic hydroxyl groups is 2. The van der Waals surface area contributed by atoms with Crippen LogP contribution in [0.2, 0.25) is 0 Å². The smallest absolute Gasteiger partial charge is 0.137 e. The van der Waals surface area contributed by atoms with Crippen molar-refractivity contribution in [2.45, 2.75) is 36.7 Å². The fraction of sp³-hybridized carbons (Fsp3) is 0.455. The zero-order chi connectivity index (χ0) is 11.4. The molecule has 0 aliphatic carbocycles. The zero-order valence-electron chi connectivity index (χ0n) is 8.77. The van der Waals surface area contributed by atoms with Crippen molar-refractivity contribution >= 4 is 11.8 Å². The molecule has 0 aliphatic rings. The van der Waals surface area contributed by atoms with E-state index in [-0.39, 0.29) is 17.7 Å². The molecule has 0 amide bonds. The van der Waals surface area contributed by atoms with Crippen LogP contribution in [0.1, 0.15) is 19.4 Å². The van der Waals surface area contributed by atoms with Gasteiger partial charge in [-0.1, -0.05) is 19.1 Å². The van der Waals surface area contributed by atoms with Crippen LogP contribution in [-0.4, -0.2) is 21.6 Å². The molecule has 0 heterocycles. The summed E-state index contributed by atoms with van der Waals surface area (Å²) < 4.78 is 13.4. The van der Waals surface area contributed by atoms with Gasteiger partial charge in [0.25, 0.3) is 0 Å². The highest BCUT2D eigenvalue weighted by Crippen LogP contribution is 2.30. The van der Waals surface area contributed by atoms with Gasteiger partial charge in [0.15, 0.2) is 0 Å². The lowest BCUT2D eigenvalue weighted by atomic mass is 10.2. The van der Waals surface area contributed by atoms with Gasteiger partial charge in [0.05, 0.1) is 12.7 Å². The van der Waals surface area contributed by atoms with Crippen LogP contribution in [0.15, 0.2) is 23.1 Å². The second-order valence-electron chi connectivity index (χ2n) is 3.45. The molecule has 15 heavy (non-hydrogen) atoms. The van der Waals surface area contributed by atoms with Gasteiger partial charge in [-0.2, -0.15) is 0 Å². The molecule has 0 saturated carbocycles. The maximum Gasteiger partial charge on any atom is 0.137 e. The van der Waals surface area contributed by atoms with Gasteiger partial charge in [-0.05, 0) is 18.6 Å². The van der Waals surface area contributed by atoms with E-state index in [1.807, 2.05) is 6.92 Å². The SMILES string of the molecule is CC(O)C(C)Sc1c(F)cccc1CO. The van der Waals surface area contributed by atoms with E-state index < -0.39 is 6.10 Å². The van der Waals surface area contributed by atoms with Gasteiger partial charge in [0, 0.05) is 10.1 Å². The Labute approximate surface area is 93.1 Å². The molecule has 0 aromatic heterocycles. The molecule has 1 rings (SSSR count). The summed E-state index contributed by atoms with van der Waals surface area (Å²) in [5.41, 5.74) is 0.563. The van der Waals surface area contributed by atoms with E-state index in [1.165, 1.54) is 17.8 Å². The summed E-state index contributed by atoms with van der Waals surface area (Å²) in [5, 5.41) is 18.3. The quantitative estimate of drug-likeness (QED) is 0.779. The lowest BCUT2D eigenvalue weighted by Gasteiger charge is -2.16. The largest absolute Gasteiger partial charge is 0.392 e. The van der Waals surface area contributed by atoms with Crippen LogP contribution >= 0.6 is 11.8 Å². The first kappa shape index (κ1) is 12.5. The van der Waals surface area contributed by atoms with E-state index >= 15 is 0 Å². The monoisotopic (exact) mass is 230 g/mol. The van der Waals surface area contributed by atoms with Crippen LogP contribution < -0.4 is 0 Å². The highest BCUT2D eigenvalue weighted by atomic mass is 32.2. The second-order valence-corrected chi connectivity index (χ2v) is 4.84. The molecule has 2 atom stereocenters. The van der Waals surface area contributed by atoms with E-state index in [0.717, 1.165) is 0 Å².